The number of piperazine rings is 1. The van der Waals surface area contributed by atoms with Crippen molar-refractivity contribution in [1.82, 2.24) is 29.9 Å². The first-order valence-electron chi connectivity index (χ1n) is 18.6. The van der Waals surface area contributed by atoms with Crippen LogP contribution in [0.25, 0.3) is 5.57 Å². The minimum Gasteiger partial charge on any atom is -0.368 e. The Morgan fingerprint density at radius 1 is 0.940 bits per heavy atom. The van der Waals surface area contributed by atoms with Gasteiger partial charge in [-0.25, -0.2) is 8.78 Å². The minimum absolute atomic E-state index is 0.00865. The van der Waals surface area contributed by atoms with Crippen molar-refractivity contribution in [3.8, 4) is 0 Å². The Hall–Kier alpha value is -3.58. The number of benzene rings is 1. The van der Waals surface area contributed by atoms with Crippen molar-refractivity contribution in [2.45, 2.75) is 82.5 Å². The average Bonchev–Trinajstić information content (AvgIpc) is 3.91. The number of amides is 3. The highest BCUT2D eigenvalue weighted by molar-refractivity contribution is 6.23. The highest BCUT2D eigenvalue weighted by Gasteiger charge is 2.49. The maximum atomic E-state index is 14.9. The van der Waals surface area contributed by atoms with E-state index >= 15 is 0 Å². The number of carbonyl (C=O) groups excluding carboxylic acids is 3. The number of nitrogens with zero attached hydrogens (tertiary/aromatic N) is 6. The van der Waals surface area contributed by atoms with Crippen LogP contribution in [-0.4, -0.2) is 138 Å². The molecule has 5 aliphatic heterocycles. The second-order valence-electron chi connectivity index (χ2n) is 15.2. The lowest BCUT2D eigenvalue weighted by atomic mass is 9.85. The number of halogens is 2. The van der Waals surface area contributed by atoms with Crippen LogP contribution in [-0.2, 0) is 19.1 Å². The molecule has 3 amide bonds. The van der Waals surface area contributed by atoms with Crippen LogP contribution in [0.5, 0.6) is 0 Å². The minimum atomic E-state index is -0.666. The van der Waals surface area contributed by atoms with Gasteiger partial charge in [0, 0.05) is 75.7 Å². The van der Waals surface area contributed by atoms with Crippen LogP contribution < -0.4 is 5.43 Å². The molecule has 11 nitrogen and oxygen atoms in total. The monoisotopic (exact) mass is 695 g/mol. The van der Waals surface area contributed by atoms with E-state index in [4.69, 9.17) is 4.74 Å². The molecule has 0 radical (unpaired) electrons. The van der Waals surface area contributed by atoms with Crippen LogP contribution in [0.3, 0.4) is 0 Å². The maximum Gasteiger partial charge on any atom is 0.252 e. The molecular weight excluding hydrogens is 644 g/mol. The summed E-state index contributed by atoms with van der Waals surface area (Å²) in [6.07, 6.45) is 7.82. The summed E-state index contributed by atoms with van der Waals surface area (Å²) in [7, 11) is 2.05. The number of amidine groups is 1. The number of likely N-dealkylation sites (N-methyl/N-ethyl adjacent to an activating group) is 1. The molecule has 6 aliphatic rings. The van der Waals surface area contributed by atoms with E-state index < -0.39 is 29.7 Å². The van der Waals surface area contributed by atoms with Gasteiger partial charge in [0.2, 0.25) is 11.8 Å². The third kappa shape index (κ3) is 7.12. The Morgan fingerprint density at radius 3 is 2.44 bits per heavy atom. The summed E-state index contributed by atoms with van der Waals surface area (Å²) in [4.78, 5) is 53.0. The van der Waals surface area contributed by atoms with E-state index in [0.29, 0.717) is 82.5 Å². The van der Waals surface area contributed by atoms with Crippen LogP contribution in [0.4, 0.5) is 8.78 Å². The van der Waals surface area contributed by atoms with Gasteiger partial charge in [0.05, 0.1) is 18.5 Å². The second kappa shape index (κ2) is 15.0. The van der Waals surface area contributed by atoms with Gasteiger partial charge in [-0.2, -0.15) is 5.10 Å². The van der Waals surface area contributed by atoms with Crippen LogP contribution in [0.2, 0.25) is 0 Å². The summed E-state index contributed by atoms with van der Waals surface area (Å²) in [5, 5.41) is 4.50. The fourth-order valence-electron chi connectivity index (χ4n) is 8.84. The molecule has 5 heterocycles. The number of ether oxygens (including phenoxy) is 1. The molecule has 50 heavy (non-hydrogen) atoms. The largest absolute Gasteiger partial charge is 0.368 e. The topological polar surface area (TPSA) is 101 Å². The zero-order valence-corrected chi connectivity index (χ0v) is 29.4. The van der Waals surface area contributed by atoms with Crippen molar-refractivity contribution in [2.24, 2.45) is 16.9 Å². The van der Waals surface area contributed by atoms with Gasteiger partial charge in [-0.3, -0.25) is 14.4 Å². The number of nitrogens with one attached hydrogen (secondary N) is 1. The zero-order chi connectivity index (χ0) is 34.9. The van der Waals surface area contributed by atoms with Crippen LogP contribution in [0.15, 0.2) is 29.4 Å². The molecule has 4 atom stereocenters. The van der Waals surface area contributed by atoms with Crippen molar-refractivity contribution in [1.29, 1.82) is 0 Å². The quantitative estimate of drug-likeness (QED) is 0.489. The van der Waals surface area contributed by atoms with Crippen LogP contribution >= 0.6 is 0 Å². The molecule has 4 saturated heterocycles. The number of rotatable bonds is 6. The van der Waals surface area contributed by atoms with Crippen molar-refractivity contribution >= 4 is 29.1 Å². The van der Waals surface area contributed by atoms with Crippen molar-refractivity contribution < 1.29 is 27.9 Å². The van der Waals surface area contributed by atoms with E-state index in [0.717, 1.165) is 51.3 Å². The SMILES string of the molecule is CC1CCC(N(C(=O)C2CCCO2)[C@H]2C[C@@H](C(=O)N3CCN(C)CC3)N(C(=O)[C@H]3CCN(C4=NNCC=C4c4ccc(F)cc4F)C3)C2)CC1. The Morgan fingerprint density at radius 2 is 1.72 bits per heavy atom. The molecule has 0 aromatic heterocycles. The van der Waals surface area contributed by atoms with E-state index in [1.807, 2.05) is 27.8 Å². The summed E-state index contributed by atoms with van der Waals surface area (Å²) < 4.78 is 34.5. The zero-order valence-electron chi connectivity index (χ0n) is 29.4. The molecule has 13 heteroatoms. The summed E-state index contributed by atoms with van der Waals surface area (Å²) in [6, 6.07) is 2.68. The highest BCUT2D eigenvalue weighted by Crippen LogP contribution is 2.36. The first-order valence-corrected chi connectivity index (χ1v) is 18.6. The van der Waals surface area contributed by atoms with Crippen molar-refractivity contribution in [3.05, 3.63) is 41.5 Å². The first-order chi connectivity index (χ1) is 24.2. The molecule has 1 unspecified atom stereocenters. The van der Waals surface area contributed by atoms with Gasteiger partial charge in [-0.05, 0) is 76.5 Å². The normalized spacial score (nSPS) is 30.6. The molecule has 5 fully saturated rings. The third-order valence-electron chi connectivity index (χ3n) is 11.8. The van der Waals surface area contributed by atoms with E-state index in [-0.39, 0.29) is 35.4 Å². The third-order valence-corrected chi connectivity index (χ3v) is 11.8. The Bertz CT molecular complexity index is 1500. The Kier molecular flexibility index (Phi) is 10.4. The number of hydrogen-bond acceptors (Lipinski definition) is 8. The molecule has 7 rings (SSSR count). The maximum absolute atomic E-state index is 14.9. The van der Waals surface area contributed by atoms with E-state index in [9.17, 15) is 23.2 Å². The van der Waals surface area contributed by atoms with Gasteiger partial charge in [-0.15, -0.1) is 0 Å². The standard InChI is InChI=1S/C37H51F2N7O4/c1-24-5-8-27(9-6-24)46(37(49)33-4-3-19-50-33)28-21-32(36(48)43-17-15-42(2)16-18-43)45(23-28)35(47)25-12-14-44(22-25)34-30(11-13-40-41-34)29-10-7-26(38)20-31(29)39/h7,10-11,20,24-25,27-28,32-33,40H,3-6,8-9,12-19,21-23H2,1-2H3/t24?,25-,27?,28-,32-,33?/m0/s1. The summed E-state index contributed by atoms with van der Waals surface area (Å²) in [5.41, 5.74) is 3.78. The van der Waals surface area contributed by atoms with Gasteiger partial charge >= 0.3 is 0 Å². The fraction of sp³-hybridized carbons (Fsp3) is 0.676. The number of hydrazone groups is 1. The average molecular weight is 696 g/mol. The lowest BCUT2D eigenvalue weighted by Crippen LogP contribution is -2.54. The molecule has 1 aliphatic carbocycles. The van der Waals surface area contributed by atoms with Gasteiger partial charge in [0.1, 0.15) is 23.8 Å². The fourth-order valence-corrected chi connectivity index (χ4v) is 8.84. The molecule has 272 valence electrons. The number of likely N-dealkylation sites (tertiary alicyclic amines) is 2. The van der Waals surface area contributed by atoms with Gasteiger partial charge in [0.25, 0.3) is 5.91 Å². The van der Waals surface area contributed by atoms with E-state index in [2.05, 4.69) is 22.4 Å². The summed E-state index contributed by atoms with van der Waals surface area (Å²) in [5.74, 6) is -0.710. The first kappa shape index (κ1) is 34.9. The summed E-state index contributed by atoms with van der Waals surface area (Å²) in [6.45, 7) is 7.21. The van der Waals surface area contributed by atoms with E-state index in [1.54, 1.807) is 4.90 Å². The molecule has 1 aromatic rings. The van der Waals surface area contributed by atoms with Gasteiger partial charge in [0.15, 0.2) is 5.84 Å². The number of hydrogen-bond donors (Lipinski definition) is 1. The Labute approximate surface area is 293 Å². The van der Waals surface area contributed by atoms with Gasteiger partial charge < -0.3 is 34.7 Å². The van der Waals surface area contributed by atoms with Gasteiger partial charge in [-0.1, -0.05) is 13.0 Å². The summed E-state index contributed by atoms with van der Waals surface area (Å²) >= 11 is 0. The lowest BCUT2D eigenvalue weighted by molar-refractivity contribution is -0.148. The van der Waals surface area contributed by atoms with Crippen LogP contribution in [0.1, 0.15) is 63.9 Å². The predicted molar refractivity (Wildman–Crippen MR) is 185 cm³/mol. The predicted octanol–water partition coefficient (Wildman–Crippen LogP) is 2.92. The molecule has 0 bridgehead atoms. The second-order valence-corrected chi connectivity index (χ2v) is 15.2. The smallest absolute Gasteiger partial charge is 0.252 e. The molecular formula is C37H51F2N7O4. The molecule has 1 N–H and O–H groups in total. The molecule has 1 aromatic carbocycles. The number of carbonyl (C=O) groups is 3. The lowest BCUT2D eigenvalue weighted by Gasteiger charge is -2.41. The van der Waals surface area contributed by atoms with Crippen molar-refractivity contribution in [3.63, 3.8) is 0 Å². The van der Waals surface area contributed by atoms with Crippen molar-refractivity contribution in [2.75, 3.05) is 66.0 Å². The molecule has 1 saturated carbocycles. The highest BCUT2D eigenvalue weighted by atomic mass is 19.1. The van der Waals surface area contributed by atoms with Crippen LogP contribution in [0, 0.1) is 23.5 Å². The molecule has 0 spiro atoms. The Balaban J connectivity index is 1.13. The van der Waals surface area contributed by atoms with E-state index in [1.165, 1.54) is 12.1 Å².